The van der Waals surface area contributed by atoms with E-state index in [2.05, 4.69) is 9.71 Å². The summed E-state index contributed by atoms with van der Waals surface area (Å²) < 4.78 is 27.8. The quantitative estimate of drug-likeness (QED) is 0.711. The van der Waals surface area contributed by atoms with Gasteiger partial charge in [-0.15, -0.1) is 0 Å². The van der Waals surface area contributed by atoms with Crippen LogP contribution in [0.15, 0.2) is 35.4 Å². The van der Waals surface area contributed by atoms with Crippen LogP contribution in [0.5, 0.6) is 0 Å². The fourth-order valence-corrected chi connectivity index (χ4v) is 3.71. The largest absolute Gasteiger partial charge is 0.478 e. The second kappa shape index (κ2) is 8.11. The van der Waals surface area contributed by atoms with Crippen molar-refractivity contribution in [2.24, 2.45) is 0 Å². The van der Waals surface area contributed by atoms with Crippen molar-refractivity contribution in [3.05, 3.63) is 46.1 Å². The predicted octanol–water partition coefficient (Wildman–Crippen LogP) is 3.73. The van der Waals surface area contributed by atoms with Crippen LogP contribution in [-0.4, -0.2) is 37.6 Å². The van der Waals surface area contributed by atoms with Crippen LogP contribution in [-0.2, 0) is 10.0 Å². The molecule has 2 rings (SSSR count). The number of carboxylic acid groups (broad SMARTS) is 1. The zero-order chi connectivity index (χ0) is 19.5. The lowest BCUT2D eigenvalue weighted by molar-refractivity contribution is 0.0696. The van der Waals surface area contributed by atoms with Gasteiger partial charge in [-0.25, -0.2) is 18.2 Å². The predicted molar refractivity (Wildman–Crippen MR) is 102 cm³/mol. The van der Waals surface area contributed by atoms with Crippen LogP contribution in [0.4, 0.5) is 11.5 Å². The van der Waals surface area contributed by atoms with Crippen LogP contribution in [0.25, 0.3) is 0 Å². The van der Waals surface area contributed by atoms with Gasteiger partial charge in [0.15, 0.2) is 5.82 Å². The van der Waals surface area contributed by atoms with Gasteiger partial charge >= 0.3 is 5.97 Å². The monoisotopic (exact) mass is 417 g/mol. The third-order valence-corrected chi connectivity index (χ3v) is 5.72. The van der Waals surface area contributed by atoms with E-state index >= 15 is 0 Å². The van der Waals surface area contributed by atoms with Gasteiger partial charge in [-0.05, 0) is 38.1 Å². The van der Waals surface area contributed by atoms with Gasteiger partial charge in [0.25, 0.3) is 10.0 Å². The molecule has 0 saturated carbocycles. The number of pyridine rings is 1. The third-order valence-electron chi connectivity index (χ3n) is 3.62. The second-order valence-electron chi connectivity index (χ2n) is 5.25. The molecule has 1 aromatic heterocycles. The van der Waals surface area contributed by atoms with Crippen molar-refractivity contribution in [2.75, 3.05) is 22.7 Å². The zero-order valence-electron chi connectivity index (χ0n) is 14.0. The average Bonchev–Trinajstić information content (AvgIpc) is 2.59. The van der Waals surface area contributed by atoms with E-state index in [0.717, 1.165) is 0 Å². The number of nitrogens with zero attached hydrogens (tertiary/aromatic N) is 2. The fraction of sp³-hybridized carbons (Fsp3) is 0.250. The molecule has 0 radical (unpaired) electrons. The van der Waals surface area contributed by atoms with Gasteiger partial charge in [0.1, 0.15) is 0 Å². The molecule has 2 N–H and O–H groups in total. The number of hydrogen-bond donors (Lipinski definition) is 2. The summed E-state index contributed by atoms with van der Waals surface area (Å²) in [6, 6.07) is 5.13. The summed E-state index contributed by atoms with van der Waals surface area (Å²) in [7, 11) is -4.02. The first-order chi connectivity index (χ1) is 12.2. The van der Waals surface area contributed by atoms with E-state index in [1.165, 1.54) is 30.5 Å². The Morgan fingerprint density at radius 3 is 2.38 bits per heavy atom. The standard InChI is InChI=1S/C16H17Cl2N3O4S/c1-3-21(4-2)15-14(7-10(9-19-15)16(22)23)20-26(24,25)11-5-6-12(17)13(18)8-11/h5-9,20H,3-4H2,1-2H3,(H,22,23). The molecule has 140 valence electrons. The van der Waals surface area contributed by atoms with Crippen LogP contribution in [0.3, 0.4) is 0 Å². The van der Waals surface area contributed by atoms with Gasteiger partial charge in [-0.1, -0.05) is 23.2 Å². The molecule has 0 aliphatic rings. The van der Waals surface area contributed by atoms with Gasteiger partial charge in [-0.2, -0.15) is 0 Å². The first kappa shape index (κ1) is 20.3. The Morgan fingerprint density at radius 1 is 1.19 bits per heavy atom. The zero-order valence-corrected chi connectivity index (χ0v) is 16.4. The molecule has 0 bridgehead atoms. The maximum Gasteiger partial charge on any atom is 0.337 e. The van der Waals surface area contributed by atoms with E-state index in [4.69, 9.17) is 23.2 Å². The smallest absolute Gasteiger partial charge is 0.337 e. The van der Waals surface area contributed by atoms with Crippen molar-refractivity contribution in [3.63, 3.8) is 0 Å². The number of carbonyl (C=O) groups is 1. The first-order valence-electron chi connectivity index (χ1n) is 7.65. The van der Waals surface area contributed by atoms with E-state index in [0.29, 0.717) is 18.9 Å². The van der Waals surface area contributed by atoms with E-state index in [-0.39, 0.29) is 26.2 Å². The number of halogens is 2. The van der Waals surface area contributed by atoms with Crippen molar-refractivity contribution in [2.45, 2.75) is 18.7 Å². The molecular formula is C16H17Cl2N3O4S. The second-order valence-corrected chi connectivity index (χ2v) is 7.75. The Hall–Kier alpha value is -2.03. The fourth-order valence-electron chi connectivity index (χ4n) is 2.27. The van der Waals surface area contributed by atoms with E-state index in [9.17, 15) is 18.3 Å². The summed E-state index contributed by atoms with van der Waals surface area (Å²) >= 11 is 11.7. The van der Waals surface area contributed by atoms with Gasteiger partial charge in [0.05, 0.1) is 26.2 Å². The number of hydrogen-bond acceptors (Lipinski definition) is 5. The highest BCUT2D eigenvalue weighted by Gasteiger charge is 2.21. The minimum absolute atomic E-state index is 0.0691. The van der Waals surface area contributed by atoms with Crippen LogP contribution < -0.4 is 9.62 Å². The average molecular weight is 418 g/mol. The number of aromatic carboxylic acids is 1. The number of carboxylic acids is 1. The van der Waals surface area contributed by atoms with Crippen molar-refractivity contribution in [3.8, 4) is 0 Å². The number of sulfonamides is 1. The molecule has 0 saturated heterocycles. The Labute approximate surface area is 161 Å². The molecule has 0 aliphatic heterocycles. The summed E-state index contributed by atoms with van der Waals surface area (Å²) in [5.74, 6) is -0.873. The maximum atomic E-state index is 12.7. The third kappa shape index (κ3) is 4.38. The molecule has 0 amide bonds. The summed E-state index contributed by atoms with van der Waals surface area (Å²) in [5.41, 5.74) is -0.0626. The van der Waals surface area contributed by atoms with Crippen LogP contribution >= 0.6 is 23.2 Å². The molecule has 26 heavy (non-hydrogen) atoms. The van der Waals surface area contributed by atoms with Gasteiger partial charge in [-0.3, -0.25) is 4.72 Å². The van der Waals surface area contributed by atoms with E-state index < -0.39 is 16.0 Å². The van der Waals surface area contributed by atoms with Crippen molar-refractivity contribution < 1.29 is 18.3 Å². The van der Waals surface area contributed by atoms with E-state index in [1.807, 2.05) is 13.8 Å². The summed E-state index contributed by atoms with van der Waals surface area (Å²) in [5, 5.41) is 9.49. The lowest BCUT2D eigenvalue weighted by Crippen LogP contribution is -2.25. The molecule has 0 aliphatic carbocycles. The molecule has 7 nitrogen and oxygen atoms in total. The Balaban J connectivity index is 2.52. The topological polar surface area (TPSA) is 99.6 Å². The summed E-state index contributed by atoms with van der Waals surface area (Å²) in [4.78, 5) is 17.1. The molecular weight excluding hydrogens is 401 g/mol. The highest BCUT2D eigenvalue weighted by Crippen LogP contribution is 2.29. The summed E-state index contributed by atoms with van der Waals surface area (Å²) in [6.45, 7) is 4.90. The highest BCUT2D eigenvalue weighted by molar-refractivity contribution is 7.92. The number of rotatable bonds is 7. The number of aromatic nitrogens is 1. The molecule has 1 aromatic carbocycles. The maximum absolute atomic E-state index is 12.7. The molecule has 10 heteroatoms. The van der Waals surface area contributed by atoms with Crippen molar-refractivity contribution in [1.29, 1.82) is 0 Å². The van der Waals surface area contributed by atoms with Crippen LogP contribution in [0.2, 0.25) is 10.0 Å². The Kier molecular flexibility index (Phi) is 6.33. The van der Waals surface area contributed by atoms with Crippen LogP contribution in [0, 0.1) is 0 Å². The van der Waals surface area contributed by atoms with Crippen molar-refractivity contribution >= 4 is 50.7 Å². The highest BCUT2D eigenvalue weighted by atomic mass is 35.5. The lowest BCUT2D eigenvalue weighted by Gasteiger charge is -2.23. The number of anilines is 2. The minimum atomic E-state index is -4.02. The van der Waals surface area contributed by atoms with E-state index in [1.54, 1.807) is 4.90 Å². The Morgan fingerprint density at radius 2 is 1.85 bits per heavy atom. The first-order valence-corrected chi connectivity index (χ1v) is 9.89. The summed E-state index contributed by atoms with van der Waals surface area (Å²) in [6.07, 6.45) is 1.19. The molecule has 0 unspecified atom stereocenters. The number of nitrogens with one attached hydrogen (secondary N) is 1. The lowest BCUT2D eigenvalue weighted by atomic mass is 10.2. The number of benzene rings is 1. The molecule has 0 fully saturated rings. The van der Waals surface area contributed by atoms with Crippen LogP contribution in [0.1, 0.15) is 24.2 Å². The minimum Gasteiger partial charge on any atom is -0.478 e. The molecule has 0 spiro atoms. The van der Waals surface area contributed by atoms with Gasteiger partial charge < -0.3 is 10.0 Å². The molecule has 2 aromatic rings. The SMILES string of the molecule is CCN(CC)c1ncc(C(=O)O)cc1NS(=O)(=O)c1ccc(Cl)c(Cl)c1. The normalized spacial score (nSPS) is 11.2. The van der Waals surface area contributed by atoms with Gasteiger partial charge in [0, 0.05) is 19.3 Å². The van der Waals surface area contributed by atoms with Gasteiger partial charge in [0.2, 0.25) is 0 Å². The Bertz CT molecular complexity index is 931. The molecule has 1 heterocycles. The molecule has 0 atom stereocenters. The van der Waals surface area contributed by atoms with Crippen molar-refractivity contribution in [1.82, 2.24) is 4.98 Å².